The van der Waals surface area contributed by atoms with Crippen molar-refractivity contribution in [3.8, 4) is 11.5 Å². The van der Waals surface area contributed by atoms with Crippen LogP contribution in [-0.2, 0) is 11.2 Å². The summed E-state index contributed by atoms with van der Waals surface area (Å²) in [7, 11) is 3.12. The quantitative estimate of drug-likeness (QED) is 0.645. The Bertz CT molecular complexity index is 691. The first-order valence-corrected chi connectivity index (χ1v) is 8.17. The molecule has 2 rings (SSSR count). The maximum atomic E-state index is 12.0. The number of nitrogen functional groups attached to an aromatic ring is 1. The average Bonchev–Trinajstić information content (AvgIpc) is 2.99. The van der Waals surface area contributed by atoms with Gasteiger partial charge in [-0.3, -0.25) is 4.79 Å². The Labute approximate surface area is 144 Å². The highest BCUT2D eigenvalue weighted by molar-refractivity contribution is 7.15. The number of benzene rings is 1. The van der Waals surface area contributed by atoms with Crippen molar-refractivity contribution in [2.75, 3.05) is 26.5 Å². The number of methoxy groups -OCH3 is 2. The third-order valence-corrected chi connectivity index (χ3v) is 4.20. The normalized spacial score (nSPS) is 11.8. The molecule has 5 N–H and O–H groups in total. The van der Waals surface area contributed by atoms with Gasteiger partial charge in [0.25, 0.3) is 0 Å². The van der Waals surface area contributed by atoms with Gasteiger partial charge in [-0.25, -0.2) is 0 Å². The molecule has 0 saturated heterocycles. The second-order valence-corrected chi connectivity index (χ2v) is 6.15. The van der Waals surface area contributed by atoms with E-state index in [9.17, 15) is 4.79 Å². The predicted molar refractivity (Wildman–Crippen MR) is 92.1 cm³/mol. The summed E-state index contributed by atoms with van der Waals surface area (Å²) < 4.78 is 10.4. The summed E-state index contributed by atoms with van der Waals surface area (Å²) in [6, 6.07) is 4.94. The molecule has 0 aliphatic carbocycles. The Morgan fingerprint density at radius 3 is 2.67 bits per heavy atom. The molecule has 0 saturated carbocycles. The van der Waals surface area contributed by atoms with Gasteiger partial charge in [-0.15, -0.1) is 10.2 Å². The molecule has 0 bridgehead atoms. The van der Waals surface area contributed by atoms with E-state index in [4.69, 9.17) is 20.9 Å². The molecule has 0 fully saturated rings. The Balaban J connectivity index is 1.84. The van der Waals surface area contributed by atoms with Gasteiger partial charge >= 0.3 is 0 Å². The number of amides is 1. The van der Waals surface area contributed by atoms with Gasteiger partial charge in [0.15, 0.2) is 11.5 Å². The van der Waals surface area contributed by atoms with Crippen molar-refractivity contribution in [3.05, 3.63) is 28.8 Å². The zero-order chi connectivity index (χ0) is 17.5. The molecule has 24 heavy (non-hydrogen) atoms. The molecular formula is C15H21N5O3S. The number of carbonyl (C=O) groups is 1. The van der Waals surface area contributed by atoms with Crippen LogP contribution in [0.2, 0.25) is 0 Å². The van der Waals surface area contributed by atoms with Crippen LogP contribution in [0.25, 0.3) is 0 Å². The van der Waals surface area contributed by atoms with Crippen molar-refractivity contribution >= 4 is 22.4 Å². The fraction of sp³-hybridized carbons (Fsp3) is 0.400. The number of ether oxygens (including phenoxy) is 2. The summed E-state index contributed by atoms with van der Waals surface area (Å²) in [5.41, 5.74) is 12.4. The Hall–Kier alpha value is -2.39. The van der Waals surface area contributed by atoms with Gasteiger partial charge in [0.2, 0.25) is 11.0 Å². The molecule has 8 nitrogen and oxygen atoms in total. The molecule has 1 unspecified atom stereocenters. The van der Waals surface area contributed by atoms with Crippen molar-refractivity contribution in [2.45, 2.75) is 18.9 Å². The van der Waals surface area contributed by atoms with Gasteiger partial charge in [0.05, 0.1) is 14.2 Å². The van der Waals surface area contributed by atoms with E-state index >= 15 is 0 Å². The van der Waals surface area contributed by atoms with E-state index in [0.29, 0.717) is 29.6 Å². The smallest absolute Gasteiger partial charge is 0.221 e. The van der Waals surface area contributed by atoms with Gasteiger partial charge < -0.3 is 26.3 Å². The molecule has 1 aromatic heterocycles. The van der Waals surface area contributed by atoms with Crippen LogP contribution >= 0.6 is 11.3 Å². The van der Waals surface area contributed by atoms with Crippen molar-refractivity contribution in [2.24, 2.45) is 5.73 Å². The maximum absolute atomic E-state index is 12.0. The lowest BCUT2D eigenvalue weighted by Gasteiger charge is -2.15. The van der Waals surface area contributed by atoms with Crippen LogP contribution in [0.15, 0.2) is 18.2 Å². The lowest BCUT2D eigenvalue weighted by atomic mass is 10.0. The molecule has 1 atom stereocenters. The molecule has 0 radical (unpaired) electrons. The van der Waals surface area contributed by atoms with Crippen LogP contribution in [0.5, 0.6) is 11.5 Å². The van der Waals surface area contributed by atoms with Crippen LogP contribution in [0, 0.1) is 0 Å². The molecule has 9 heteroatoms. The second kappa shape index (κ2) is 8.46. The zero-order valence-corrected chi connectivity index (χ0v) is 14.4. The third-order valence-electron chi connectivity index (χ3n) is 3.38. The van der Waals surface area contributed by atoms with Gasteiger partial charge in [-0.05, 0) is 17.7 Å². The maximum Gasteiger partial charge on any atom is 0.221 e. The SMILES string of the molecule is COc1ccc(C(N)CC(=O)NCCc2nnc(N)s2)cc1OC. The molecule has 1 heterocycles. The van der Waals surface area contributed by atoms with Gasteiger partial charge in [0, 0.05) is 25.4 Å². The molecule has 2 aromatic rings. The molecular weight excluding hydrogens is 330 g/mol. The minimum atomic E-state index is -0.429. The van der Waals surface area contributed by atoms with Gasteiger partial charge in [-0.2, -0.15) is 0 Å². The van der Waals surface area contributed by atoms with Crippen LogP contribution in [-0.4, -0.2) is 36.9 Å². The van der Waals surface area contributed by atoms with E-state index in [-0.39, 0.29) is 12.3 Å². The Morgan fingerprint density at radius 2 is 2.04 bits per heavy atom. The molecule has 0 aliphatic rings. The highest BCUT2D eigenvalue weighted by atomic mass is 32.1. The number of anilines is 1. The van der Waals surface area contributed by atoms with Crippen LogP contribution in [0.4, 0.5) is 5.13 Å². The van der Waals surface area contributed by atoms with E-state index in [2.05, 4.69) is 15.5 Å². The average molecular weight is 351 g/mol. The summed E-state index contributed by atoms with van der Waals surface area (Å²) in [6.07, 6.45) is 0.764. The van der Waals surface area contributed by atoms with Crippen molar-refractivity contribution in [3.63, 3.8) is 0 Å². The number of rotatable bonds is 8. The third kappa shape index (κ3) is 4.80. The summed E-state index contributed by atoms with van der Waals surface area (Å²) in [5, 5.41) is 11.6. The Morgan fingerprint density at radius 1 is 1.29 bits per heavy atom. The first kappa shape index (κ1) is 18.0. The van der Waals surface area contributed by atoms with E-state index in [1.54, 1.807) is 26.4 Å². The highest BCUT2D eigenvalue weighted by Crippen LogP contribution is 2.30. The number of hydrogen-bond donors (Lipinski definition) is 3. The van der Waals surface area contributed by atoms with Gasteiger partial charge in [-0.1, -0.05) is 17.4 Å². The van der Waals surface area contributed by atoms with Crippen LogP contribution in [0.1, 0.15) is 23.0 Å². The molecule has 1 amide bonds. The molecule has 130 valence electrons. The summed E-state index contributed by atoms with van der Waals surface area (Å²) in [6.45, 7) is 0.464. The monoisotopic (exact) mass is 351 g/mol. The number of nitrogens with one attached hydrogen (secondary N) is 1. The lowest BCUT2D eigenvalue weighted by molar-refractivity contribution is -0.121. The first-order chi connectivity index (χ1) is 11.5. The first-order valence-electron chi connectivity index (χ1n) is 7.35. The standard InChI is InChI=1S/C15H21N5O3S/c1-22-11-4-3-9(7-12(11)23-2)10(16)8-13(21)18-6-5-14-19-20-15(17)24-14/h3-4,7,10H,5-6,8,16H2,1-2H3,(H2,17,20)(H,18,21). The number of nitrogens with two attached hydrogens (primary N) is 2. The number of carbonyl (C=O) groups excluding carboxylic acids is 1. The van der Waals surface area contributed by atoms with E-state index in [0.717, 1.165) is 10.6 Å². The van der Waals surface area contributed by atoms with Crippen molar-refractivity contribution in [1.82, 2.24) is 15.5 Å². The minimum Gasteiger partial charge on any atom is -0.493 e. The van der Waals surface area contributed by atoms with Crippen molar-refractivity contribution < 1.29 is 14.3 Å². The molecule has 0 spiro atoms. The minimum absolute atomic E-state index is 0.130. The second-order valence-electron chi connectivity index (χ2n) is 5.06. The number of aromatic nitrogens is 2. The van der Waals surface area contributed by atoms with Gasteiger partial charge in [0.1, 0.15) is 5.01 Å². The fourth-order valence-corrected chi connectivity index (χ4v) is 2.76. The highest BCUT2D eigenvalue weighted by Gasteiger charge is 2.14. The largest absolute Gasteiger partial charge is 0.493 e. The lowest BCUT2D eigenvalue weighted by Crippen LogP contribution is -2.29. The van der Waals surface area contributed by atoms with E-state index in [1.807, 2.05) is 6.07 Å². The summed E-state index contributed by atoms with van der Waals surface area (Å²) >= 11 is 1.31. The number of nitrogens with zero attached hydrogens (tertiary/aromatic N) is 2. The molecule has 1 aromatic carbocycles. The van der Waals surface area contributed by atoms with Crippen LogP contribution in [0.3, 0.4) is 0 Å². The van der Waals surface area contributed by atoms with E-state index < -0.39 is 6.04 Å². The zero-order valence-electron chi connectivity index (χ0n) is 13.6. The summed E-state index contributed by atoms with van der Waals surface area (Å²) in [4.78, 5) is 12.0. The van der Waals surface area contributed by atoms with Crippen LogP contribution < -0.4 is 26.3 Å². The fourth-order valence-electron chi connectivity index (χ4n) is 2.15. The molecule has 0 aliphatic heterocycles. The number of hydrogen-bond acceptors (Lipinski definition) is 8. The topological polar surface area (TPSA) is 125 Å². The van der Waals surface area contributed by atoms with Crippen molar-refractivity contribution in [1.29, 1.82) is 0 Å². The predicted octanol–water partition coefficient (Wildman–Crippen LogP) is 0.886. The van der Waals surface area contributed by atoms with E-state index in [1.165, 1.54) is 11.3 Å². The summed E-state index contributed by atoms with van der Waals surface area (Å²) in [5.74, 6) is 1.07. The Kier molecular flexibility index (Phi) is 6.33.